The van der Waals surface area contributed by atoms with Crippen molar-refractivity contribution in [3.8, 4) is 5.75 Å². The number of aromatic nitrogens is 3. The Morgan fingerprint density at radius 3 is 2.93 bits per heavy atom. The van der Waals surface area contributed by atoms with Gasteiger partial charge in [0.2, 0.25) is 0 Å². The van der Waals surface area contributed by atoms with Gasteiger partial charge in [0.15, 0.2) is 0 Å². The molecule has 3 heterocycles. The highest BCUT2D eigenvalue weighted by Crippen LogP contribution is 2.37. The normalized spacial score (nSPS) is 26.4. The van der Waals surface area contributed by atoms with Crippen LogP contribution in [0.15, 0.2) is 36.8 Å². The second-order valence-corrected chi connectivity index (χ2v) is 7.66. The zero-order chi connectivity index (χ0) is 20.1. The summed E-state index contributed by atoms with van der Waals surface area (Å²) in [5.41, 5.74) is 3.01. The molecule has 0 spiro atoms. The Morgan fingerprint density at radius 2 is 2.07 bits per heavy atom. The fraction of sp³-hybridized carbons (Fsp3) is 0.381. The van der Waals surface area contributed by atoms with Crippen LogP contribution in [0.1, 0.15) is 34.1 Å². The molecule has 5 rings (SSSR count). The molecule has 29 heavy (non-hydrogen) atoms. The third-order valence-corrected chi connectivity index (χ3v) is 5.96. The molecule has 1 fully saturated rings. The van der Waals surface area contributed by atoms with Gasteiger partial charge in [0, 0.05) is 24.5 Å². The molecule has 150 valence electrons. The van der Waals surface area contributed by atoms with Crippen molar-refractivity contribution in [2.45, 2.75) is 44.1 Å². The van der Waals surface area contributed by atoms with Crippen LogP contribution in [0, 0.1) is 6.92 Å². The molecular weight excluding hydrogens is 372 g/mol. The fourth-order valence-corrected chi connectivity index (χ4v) is 4.43. The van der Waals surface area contributed by atoms with E-state index in [1.165, 1.54) is 6.33 Å². The van der Waals surface area contributed by atoms with Crippen molar-refractivity contribution in [2.24, 2.45) is 0 Å². The summed E-state index contributed by atoms with van der Waals surface area (Å²) in [4.78, 5) is 20.9. The lowest BCUT2D eigenvalue weighted by Crippen LogP contribution is -2.36. The van der Waals surface area contributed by atoms with E-state index in [2.05, 4.69) is 15.3 Å². The van der Waals surface area contributed by atoms with Crippen molar-refractivity contribution in [3.05, 3.63) is 53.6 Å². The van der Waals surface area contributed by atoms with E-state index in [4.69, 9.17) is 4.74 Å². The number of fused-ring (bicyclic) bond motifs is 2. The Morgan fingerprint density at radius 1 is 1.21 bits per heavy atom. The number of hydrogen-bond acceptors (Lipinski definition) is 6. The number of aryl methyl sites for hydroxylation is 1. The molecule has 0 radical (unpaired) electrons. The number of hydrogen-bond donors (Lipinski definition) is 3. The molecule has 4 atom stereocenters. The Hall–Kier alpha value is -2.97. The minimum Gasteiger partial charge on any atom is -0.487 e. The van der Waals surface area contributed by atoms with Crippen LogP contribution in [-0.2, 0) is 6.42 Å². The maximum Gasteiger partial charge on any atom is 0.255 e. The van der Waals surface area contributed by atoms with E-state index in [1.54, 1.807) is 6.07 Å². The van der Waals surface area contributed by atoms with Gasteiger partial charge in [-0.1, -0.05) is 12.1 Å². The van der Waals surface area contributed by atoms with Gasteiger partial charge in [-0.05, 0) is 31.0 Å². The monoisotopic (exact) mass is 394 g/mol. The first kappa shape index (κ1) is 18.1. The number of benzene rings is 1. The van der Waals surface area contributed by atoms with Crippen LogP contribution in [0.3, 0.4) is 0 Å². The van der Waals surface area contributed by atoms with Crippen LogP contribution >= 0.6 is 0 Å². The van der Waals surface area contributed by atoms with Crippen LogP contribution < -0.4 is 10.1 Å². The first-order chi connectivity index (χ1) is 14.0. The van der Waals surface area contributed by atoms with Gasteiger partial charge in [0.1, 0.15) is 36.0 Å². The lowest BCUT2D eigenvalue weighted by molar-refractivity contribution is -0.0165. The molecule has 3 N–H and O–H groups in total. The average Bonchev–Trinajstić information content (AvgIpc) is 3.26. The molecule has 1 aliphatic carbocycles. The molecule has 1 amide bonds. The molecule has 3 aromatic rings. The van der Waals surface area contributed by atoms with Crippen molar-refractivity contribution in [1.29, 1.82) is 0 Å². The molecule has 8 nitrogen and oxygen atoms in total. The van der Waals surface area contributed by atoms with Gasteiger partial charge >= 0.3 is 0 Å². The van der Waals surface area contributed by atoms with Crippen molar-refractivity contribution in [3.63, 3.8) is 0 Å². The number of amides is 1. The van der Waals surface area contributed by atoms with E-state index in [1.807, 2.05) is 35.9 Å². The number of carbonyl (C=O) groups excluding carboxylic acids is 1. The van der Waals surface area contributed by atoms with Crippen molar-refractivity contribution >= 4 is 16.9 Å². The van der Waals surface area contributed by atoms with Crippen LogP contribution in [0.25, 0.3) is 11.0 Å². The van der Waals surface area contributed by atoms with Crippen LogP contribution in [0.4, 0.5) is 0 Å². The van der Waals surface area contributed by atoms with E-state index < -0.39 is 24.4 Å². The Bertz CT molecular complexity index is 1100. The third kappa shape index (κ3) is 2.87. The molecule has 1 aromatic carbocycles. The van der Waals surface area contributed by atoms with E-state index in [0.29, 0.717) is 29.9 Å². The number of aliphatic hydroxyl groups is 2. The summed E-state index contributed by atoms with van der Waals surface area (Å²) >= 11 is 0. The number of aliphatic hydroxyl groups excluding tert-OH is 2. The van der Waals surface area contributed by atoms with E-state index in [-0.39, 0.29) is 5.91 Å². The molecule has 1 saturated carbocycles. The smallest absolute Gasteiger partial charge is 0.255 e. The quantitative estimate of drug-likeness (QED) is 0.615. The largest absolute Gasteiger partial charge is 0.487 e. The second kappa shape index (κ2) is 6.82. The maximum absolute atomic E-state index is 12.3. The topological polar surface area (TPSA) is 110 Å². The lowest BCUT2D eigenvalue weighted by atomic mass is 9.99. The minimum absolute atomic E-state index is 0.171. The number of nitrogens with one attached hydrogen (secondary N) is 1. The highest BCUT2D eigenvalue weighted by Gasteiger charge is 2.44. The molecule has 8 heteroatoms. The zero-order valence-electron chi connectivity index (χ0n) is 15.9. The van der Waals surface area contributed by atoms with Gasteiger partial charge in [-0.15, -0.1) is 0 Å². The van der Waals surface area contributed by atoms with Gasteiger partial charge < -0.3 is 24.8 Å². The summed E-state index contributed by atoms with van der Waals surface area (Å²) in [7, 11) is 0. The van der Waals surface area contributed by atoms with Gasteiger partial charge in [-0.3, -0.25) is 4.79 Å². The third-order valence-electron chi connectivity index (χ3n) is 5.96. The number of carbonyl (C=O) groups is 1. The standard InChI is InChI=1S/C21H22N4O4/c1-11-13-6-8-25(20(13)24-10-23-11)14-9-16(19(27)18(14)26)29-15-4-2-3-12-5-7-22-21(28)17(12)15/h2-4,6,8,10,14,16,18-19,26-27H,5,7,9H2,1H3,(H,22,28)/t14-,16+,18+,19-/m1/s1. The van der Waals surface area contributed by atoms with Crippen molar-refractivity contribution in [1.82, 2.24) is 19.9 Å². The van der Waals surface area contributed by atoms with Gasteiger partial charge in [-0.25, -0.2) is 9.97 Å². The molecular formula is C21H22N4O4. The SMILES string of the molecule is Cc1ncnc2c1ccn2[C@@H]1C[C@H](Oc2cccc3c2C(=O)NCC3)[C@@H](O)[C@H]1O. The minimum atomic E-state index is -1.08. The van der Waals surface area contributed by atoms with Crippen LogP contribution in [-0.4, -0.2) is 55.5 Å². The van der Waals surface area contributed by atoms with Gasteiger partial charge in [0.25, 0.3) is 5.91 Å². The second-order valence-electron chi connectivity index (χ2n) is 7.66. The maximum atomic E-state index is 12.3. The Balaban J connectivity index is 1.45. The Kier molecular flexibility index (Phi) is 4.25. The predicted octanol–water partition coefficient (Wildman–Crippen LogP) is 1.14. The first-order valence-corrected chi connectivity index (χ1v) is 9.75. The molecule has 0 saturated heterocycles. The van der Waals surface area contributed by atoms with E-state index in [0.717, 1.165) is 23.1 Å². The molecule has 1 aliphatic heterocycles. The summed E-state index contributed by atoms with van der Waals surface area (Å²) in [6, 6.07) is 7.02. The van der Waals surface area contributed by atoms with Gasteiger partial charge in [-0.2, -0.15) is 0 Å². The van der Waals surface area contributed by atoms with E-state index >= 15 is 0 Å². The summed E-state index contributed by atoms with van der Waals surface area (Å²) in [5.74, 6) is 0.266. The van der Waals surface area contributed by atoms with E-state index in [9.17, 15) is 15.0 Å². The summed E-state index contributed by atoms with van der Waals surface area (Å²) in [5, 5.41) is 25.1. The summed E-state index contributed by atoms with van der Waals surface area (Å²) in [6.45, 7) is 2.51. The molecule has 0 unspecified atom stereocenters. The van der Waals surface area contributed by atoms with Crippen LogP contribution in [0.5, 0.6) is 5.75 Å². The lowest BCUT2D eigenvalue weighted by Gasteiger charge is -2.23. The predicted molar refractivity (Wildman–Crippen MR) is 105 cm³/mol. The van der Waals surface area contributed by atoms with Gasteiger partial charge in [0.05, 0.1) is 17.3 Å². The zero-order valence-corrected chi connectivity index (χ0v) is 15.9. The molecule has 2 aliphatic rings. The van der Waals surface area contributed by atoms with Crippen molar-refractivity contribution in [2.75, 3.05) is 6.54 Å². The Labute approximate surface area is 167 Å². The fourth-order valence-electron chi connectivity index (χ4n) is 4.43. The average molecular weight is 394 g/mol. The molecule has 0 bridgehead atoms. The molecule has 2 aromatic heterocycles. The first-order valence-electron chi connectivity index (χ1n) is 9.75. The highest BCUT2D eigenvalue weighted by atomic mass is 16.5. The number of nitrogens with zero attached hydrogens (tertiary/aromatic N) is 3. The highest BCUT2D eigenvalue weighted by molar-refractivity contribution is 5.99. The van der Waals surface area contributed by atoms with Crippen LogP contribution in [0.2, 0.25) is 0 Å². The van der Waals surface area contributed by atoms with Crippen molar-refractivity contribution < 1.29 is 19.7 Å². The summed E-state index contributed by atoms with van der Waals surface area (Å²) in [6.07, 6.45) is 1.74. The summed E-state index contributed by atoms with van der Waals surface area (Å²) < 4.78 is 7.94. The number of ether oxygens (including phenoxy) is 1. The number of rotatable bonds is 3.